The molecule has 46 heavy (non-hydrogen) atoms. The van der Waals surface area contributed by atoms with Crippen LogP contribution in [0.25, 0.3) is 0 Å². The number of halogens is 4. The van der Waals surface area contributed by atoms with Crippen LogP contribution in [0.2, 0.25) is 0 Å². The van der Waals surface area contributed by atoms with Crippen LogP contribution < -0.4 is 19.1 Å². The molecule has 1 N–H and O–H groups in total. The Morgan fingerprint density at radius 3 is 2.24 bits per heavy atom. The van der Waals surface area contributed by atoms with Gasteiger partial charge in [-0.1, -0.05) is 20.8 Å². The number of fused-ring (bicyclic) bond motifs is 1. The van der Waals surface area contributed by atoms with Crippen LogP contribution in [0.3, 0.4) is 0 Å². The first-order valence-corrected chi connectivity index (χ1v) is 14.8. The normalized spacial score (nSPS) is 19.1. The number of anilines is 1. The lowest BCUT2D eigenvalue weighted by atomic mass is 9.84. The van der Waals surface area contributed by atoms with Gasteiger partial charge in [-0.05, 0) is 43.0 Å². The number of ketones is 1. The molecule has 0 aromatic heterocycles. The molecule has 252 valence electrons. The molecule has 0 spiro atoms. The second-order valence-corrected chi connectivity index (χ2v) is 12.0. The minimum atomic E-state index is -5.33. The quantitative estimate of drug-likeness (QED) is 0.289. The summed E-state index contributed by atoms with van der Waals surface area (Å²) in [5.74, 6) is -4.47. The van der Waals surface area contributed by atoms with Crippen LogP contribution in [0.4, 0.5) is 23.2 Å². The molecule has 10 nitrogen and oxygen atoms in total. The molecule has 2 aromatic carbocycles. The highest BCUT2D eigenvalue weighted by atomic mass is 19.4. The van der Waals surface area contributed by atoms with E-state index in [2.05, 4.69) is 4.99 Å². The monoisotopic (exact) mass is 653 g/mol. The van der Waals surface area contributed by atoms with Crippen LogP contribution in [0.15, 0.2) is 23.2 Å². The first-order valence-electron chi connectivity index (χ1n) is 14.8. The van der Waals surface area contributed by atoms with Gasteiger partial charge in [-0.25, -0.2) is 4.39 Å². The predicted octanol–water partition coefficient (Wildman–Crippen LogP) is 4.66. The summed E-state index contributed by atoms with van der Waals surface area (Å²) in [6.07, 6.45) is -6.60. The lowest BCUT2D eigenvalue weighted by Gasteiger charge is -2.29. The summed E-state index contributed by atoms with van der Waals surface area (Å²) >= 11 is 0. The third-order valence-corrected chi connectivity index (χ3v) is 7.81. The van der Waals surface area contributed by atoms with Crippen molar-refractivity contribution in [3.05, 3.63) is 46.3 Å². The minimum Gasteiger partial charge on any atom is -0.494 e. The molecule has 1 amide bonds. The Balaban J connectivity index is 1.81. The lowest BCUT2D eigenvalue weighted by Crippen LogP contribution is -2.34. The summed E-state index contributed by atoms with van der Waals surface area (Å²) < 4.78 is 78.2. The van der Waals surface area contributed by atoms with Gasteiger partial charge in [0, 0.05) is 37.9 Å². The summed E-state index contributed by atoms with van der Waals surface area (Å²) in [6, 6.07) is 4.65. The number of Topliss-reactive ketones (excluding diaryl/α,β-unsaturated/α-hetero) is 1. The maximum atomic E-state index is 15.9. The third kappa shape index (κ3) is 6.92. The van der Waals surface area contributed by atoms with Gasteiger partial charge >= 0.3 is 12.1 Å². The Hall–Kier alpha value is -3.91. The molecule has 1 fully saturated rings. The van der Waals surface area contributed by atoms with Crippen LogP contribution in [0.5, 0.6) is 17.2 Å². The van der Waals surface area contributed by atoms with Gasteiger partial charge in [0.1, 0.15) is 17.7 Å². The van der Waals surface area contributed by atoms with Gasteiger partial charge in [0.15, 0.2) is 23.1 Å². The summed E-state index contributed by atoms with van der Waals surface area (Å²) in [4.78, 5) is 32.3. The van der Waals surface area contributed by atoms with Crippen molar-refractivity contribution in [2.75, 3.05) is 52.0 Å². The van der Waals surface area contributed by atoms with Crippen LogP contribution in [-0.2, 0) is 21.5 Å². The highest BCUT2D eigenvalue weighted by Crippen LogP contribution is 2.43. The highest BCUT2D eigenvalue weighted by Gasteiger charge is 2.42. The van der Waals surface area contributed by atoms with E-state index in [9.17, 15) is 27.9 Å². The average Bonchev–Trinajstić information content (AvgIpc) is 3.52. The van der Waals surface area contributed by atoms with E-state index in [1.54, 1.807) is 26.0 Å². The van der Waals surface area contributed by atoms with Crippen molar-refractivity contribution in [2.24, 2.45) is 4.99 Å². The number of amides is 1. The summed E-state index contributed by atoms with van der Waals surface area (Å²) in [5, 5.41) is 10.5. The molecule has 0 radical (unpaired) electrons. The fourth-order valence-corrected chi connectivity index (χ4v) is 5.65. The molecule has 0 aliphatic carbocycles. The number of aliphatic imine (C=N–C) groups is 1. The van der Waals surface area contributed by atoms with Gasteiger partial charge in [-0.2, -0.15) is 18.2 Å². The molecule has 14 heteroatoms. The molecule has 2 atom stereocenters. The Kier molecular flexibility index (Phi) is 10.2. The van der Waals surface area contributed by atoms with Gasteiger partial charge in [0.25, 0.3) is 0 Å². The standard InChI is InChI=1S/C32H39F4N3O7/c1-8-45-23-12-18-13-39(29(37-30(42)32(34,35)36)25(18)26(33)28(23)46-9-2)14-21(40)17-10-19(31(3,4)5)27(44-7)20(11-17)38-15-22(41)24(16-38)43-6/h10-12,22,24,41H,8-9,13-16H2,1-7H3/b37-29-/t22-,24-/m1/s1. The highest BCUT2D eigenvalue weighted by molar-refractivity contribution is 6.11. The largest absolute Gasteiger partial charge is 0.494 e. The van der Waals surface area contributed by atoms with E-state index in [0.717, 1.165) is 4.90 Å². The fraction of sp³-hybridized carbons (Fsp3) is 0.531. The Labute approximate surface area is 264 Å². The van der Waals surface area contributed by atoms with E-state index < -0.39 is 53.7 Å². The maximum absolute atomic E-state index is 15.9. The number of methoxy groups -OCH3 is 2. The van der Waals surface area contributed by atoms with E-state index in [0.29, 0.717) is 23.5 Å². The van der Waals surface area contributed by atoms with Gasteiger partial charge in [-0.15, -0.1) is 0 Å². The van der Waals surface area contributed by atoms with Crippen molar-refractivity contribution in [1.82, 2.24) is 4.90 Å². The smallest absolute Gasteiger partial charge is 0.473 e. The summed E-state index contributed by atoms with van der Waals surface area (Å²) in [5.41, 5.74) is 0.675. The number of aliphatic hydroxyl groups excluding tert-OH is 1. The summed E-state index contributed by atoms with van der Waals surface area (Å²) in [7, 11) is 2.99. The first kappa shape index (κ1) is 35.0. The number of β-amino-alcohol motifs (C(OH)–C–C–N with tert-alkyl or cyclic N) is 1. The predicted molar refractivity (Wildman–Crippen MR) is 162 cm³/mol. The number of carbonyl (C=O) groups excluding carboxylic acids is 2. The van der Waals surface area contributed by atoms with Crippen molar-refractivity contribution in [3.8, 4) is 17.2 Å². The van der Waals surface area contributed by atoms with Gasteiger partial charge < -0.3 is 33.9 Å². The molecule has 2 aliphatic heterocycles. The van der Waals surface area contributed by atoms with Crippen molar-refractivity contribution >= 4 is 23.2 Å². The van der Waals surface area contributed by atoms with E-state index in [-0.39, 0.29) is 54.5 Å². The number of hydrogen-bond donors (Lipinski definition) is 1. The van der Waals surface area contributed by atoms with Gasteiger partial charge in [0.05, 0.1) is 44.2 Å². The number of rotatable bonds is 10. The molecular weight excluding hydrogens is 614 g/mol. The minimum absolute atomic E-state index is 0.0288. The Morgan fingerprint density at radius 1 is 1.02 bits per heavy atom. The SMILES string of the molecule is CCOc1cc2c(c(F)c1OCC)/C(=N/C(=O)C(F)(F)F)N(CC(=O)c1cc(N3C[C@@H](O)[C@H](OC)C3)c(OC)c(C(C)(C)C)c1)C2. The number of alkyl halides is 3. The van der Waals surface area contributed by atoms with Crippen molar-refractivity contribution in [2.45, 2.75) is 65.0 Å². The molecule has 2 aromatic rings. The first-order chi connectivity index (χ1) is 21.5. The zero-order valence-corrected chi connectivity index (χ0v) is 26.9. The maximum Gasteiger partial charge on any atom is 0.473 e. The Bertz CT molecular complexity index is 1520. The Morgan fingerprint density at radius 2 is 1.70 bits per heavy atom. The number of nitrogens with zero attached hydrogens (tertiary/aromatic N) is 3. The molecule has 4 rings (SSSR count). The molecular formula is C32H39F4N3O7. The molecule has 2 aliphatic rings. The van der Waals surface area contributed by atoms with Crippen LogP contribution in [0.1, 0.15) is 61.7 Å². The van der Waals surface area contributed by atoms with E-state index >= 15 is 4.39 Å². The van der Waals surface area contributed by atoms with Crippen LogP contribution >= 0.6 is 0 Å². The molecule has 2 heterocycles. The molecule has 0 saturated carbocycles. The third-order valence-electron chi connectivity index (χ3n) is 7.81. The zero-order chi connectivity index (χ0) is 34.1. The zero-order valence-electron chi connectivity index (χ0n) is 26.9. The number of carbonyl (C=O) groups is 2. The van der Waals surface area contributed by atoms with Gasteiger partial charge in [-0.3, -0.25) is 9.59 Å². The topological polar surface area (TPSA) is 110 Å². The van der Waals surface area contributed by atoms with Crippen molar-refractivity contribution in [3.63, 3.8) is 0 Å². The second kappa shape index (κ2) is 13.4. The van der Waals surface area contributed by atoms with E-state index in [1.165, 1.54) is 20.3 Å². The van der Waals surface area contributed by atoms with Gasteiger partial charge in [0.2, 0.25) is 0 Å². The van der Waals surface area contributed by atoms with Crippen LogP contribution in [-0.4, -0.2) is 93.0 Å². The number of ether oxygens (including phenoxy) is 4. The number of benzene rings is 2. The molecule has 0 unspecified atom stereocenters. The lowest BCUT2D eigenvalue weighted by molar-refractivity contribution is -0.169. The second-order valence-electron chi connectivity index (χ2n) is 12.0. The average molecular weight is 654 g/mol. The van der Waals surface area contributed by atoms with E-state index in [4.69, 9.17) is 18.9 Å². The molecule has 1 saturated heterocycles. The van der Waals surface area contributed by atoms with Crippen molar-refractivity contribution < 1.29 is 51.2 Å². The summed E-state index contributed by atoms with van der Waals surface area (Å²) in [6.45, 7) is 9.01. The number of aliphatic hydroxyl groups is 1. The van der Waals surface area contributed by atoms with E-state index in [1.807, 2.05) is 25.7 Å². The van der Waals surface area contributed by atoms with Crippen LogP contribution in [0, 0.1) is 5.82 Å². The number of hydrogen-bond acceptors (Lipinski definition) is 8. The van der Waals surface area contributed by atoms with Crippen molar-refractivity contribution in [1.29, 1.82) is 0 Å². The molecule has 0 bridgehead atoms. The number of amidine groups is 1. The fourth-order valence-electron chi connectivity index (χ4n) is 5.65.